The number of rotatable bonds is 9. The molecule has 1 saturated heterocycles. The van der Waals surface area contributed by atoms with Gasteiger partial charge in [-0.15, -0.1) is 10.2 Å². The highest BCUT2D eigenvalue weighted by Gasteiger charge is 2.21. The maximum atomic E-state index is 12.4. The molecule has 0 atom stereocenters. The molecule has 0 aliphatic carbocycles. The molecule has 1 fully saturated rings. The van der Waals surface area contributed by atoms with Crippen LogP contribution in [0.5, 0.6) is 11.5 Å². The zero-order valence-electron chi connectivity index (χ0n) is 17.3. The molecular weight excluding hydrogens is 406 g/mol. The third kappa shape index (κ3) is 6.39. The Hall–Kier alpha value is -2.72. The van der Waals surface area contributed by atoms with Crippen LogP contribution in [-0.4, -0.2) is 78.3 Å². The fourth-order valence-corrected chi connectivity index (χ4v) is 3.76. The molecule has 2 heterocycles. The van der Waals surface area contributed by atoms with Crippen molar-refractivity contribution in [3.63, 3.8) is 0 Å². The molecule has 2 aromatic rings. The summed E-state index contributed by atoms with van der Waals surface area (Å²) in [5.74, 6) is 1.24. The molecule has 0 unspecified atom stereocenters. The van der Waals surface area contributed by atoms with Crippen LogP contribution in [-0.2, 0) is 9.59 Å². The highest BCUT2D eigenvalue weighted by molar-refractivity contribution is 7.15. The third-order valence-electron chi connectivity index (χ3n) is 4.80. The van der Waals surface area contributed by atoms with E-state index in [9.17, 15) is 9.59 Å². The van der Waals surface area contributed by atoms with Gasteiger partial charge in [-0.05, 0) is 19.1 Å². The number of carbonyl (C=O) groups is 2. The molecule has 2 amide bonds. The van der Waals surface area contributed by atoms with E-state index in [1.165, 1.54) is 11.3 Å². The fourth-order valence-electron chi connectivity index (χ4n) is 3.15. The van der Waals surface area contributed by atoms with Crippen LogP contribution in [0.2, 0.25) is 0 Å². The lowest BCUT2D eigenvalue weighted by Gasteiger charge is -2.34. The zero-order chi connectivity index (χ0) is 21.3. The Morgan fingerprint density at radius 3 is 2.50 bits per heavy atom. The van der Waals surface area contributed by atoms with Gasteiger partial charge in [0.05, 0.1) is 7.11 Å². The number of carbonyl (C=O) groups excluding carboxylic acids is 2. The summed E-state index contributed by atoms with van der Waals surface area (Å²) in [5, 5.41) is 11.6. The summed E-state index contributed by atoms with van der Waals surface area (Å²) in [5.41, 5.74) is 0. The number of aromatic nitrogens is 2. The number of para-hydroxylation sites is 2. The van der Waals surface area contributed by atoms with Gasteiger partial charge in [-0.25, -0.2) is 0 Å². The van der Waals surface area contributed by atoms with E-state index in [2.05, 4.69) is 20.4 Å². The van der Waals surface area contributed by atoms with Crippen molar-refractivity contribution >= 4 is 28.3 Å². The molecule has 0 radical (unpaired) electrons. The van der Waals surface area contributed by atoms with E-state index in [0.29, 0.717) is 24.8 Å². The first-order valence-corrected chi connectivity index (χ1v) is 10.7. The molecule has 3 rings (SSSR count). The highest BCUT2D eigenvalue weighted by Crippen LogP contribution is 2.25. The van der Waals surface area contributed by atoms with Gasteiger partial charge in [0.25, 0.3) is 0 Å². The molecule has 0 saturated carbocycles. The van der Waals surface area contributed by atoms with E-state index < -0.39 is 0 Å². The van der Waals surface area contributed by atoms with Crippen LogP contribution in [0.4, 0.5) is 5.13 Å². The van der Waals surface area contributed by atoms with Gasteiger partial charge in [0.1, 0.15) is 11.6 Å². The average molecular weight is 434 g/mol. The molecule has 162 valence electrons. The minimum Gasteiger partial charge on any atom is -0.493 e. The summed E-state index contributed by atoms with van der Waals surface area (Å²) in [6.07, 6.45) is 0.338. The average Bonchev–Trinajstić information content (AvgIpc) is 3.17. The lowest BCUT2D eigenvalue weighted by molar-refractivity contribution is -0.134. The summed E-state index contributed by atoms with van der Waals surface area (Å²) in [4.78, 5) is 28.5. The van der Waals surface area contributed by atoms with Gasteiger partial charge >= 0.3 is 0 Å². The number of anilines is 1. The van der Waals surface area contributed by atoms with Gasteiger partial charge in [-0.1, -0.05) is 23.5 Å². The molecular formula is C20H27N5O4S. The number of aryl methyl sites for hydroxylation is 1. The van der Waals surface area contributed by atoms with Gasteiger partial charge in [0.15, 0.2) is 11.5 Å². The van der Waals surface area contributed by atoms with Crippen molar-refractivity contribution in [3.8, 4) is 11.5 Å². The number of hydrogen-bond acceptors (Lipinski definition) is 8. The molecule has 1 aliphatic heterocycles. The second-order valence-electron chi connectivity index (χ2n) is 6.90. The van der Waals surface area contributed by atoms with Crippen molar-refractivity contribution in [1.82, 2.24) is 20.0 Å². The molecule has 30 heavy (non-hydrogen) atoms. The van der Waals surface area contributed by atoms with Crippen molar-refractivity contribution in [2.45, 2.75) is 19.8 Å². The van der Waals surface area contributed by atoms with E-state index in [1.54, 1.807) is 7.11 Å². The molecule has 9 nitrogen and oxygen atoms in total. The SMILES string of the molecule is COc1ccccc1OCCN1CCN(C(=O)CCC(=O)Nc2nnc(C)s2)CC1. The topological polar surface area (TPSA) is 96.9 Å². The van der Waals surface area contributed by atoms with E-state index in [1.807, 2.05) is 36.1 Å². The fraction of sp³-hybridized carbons (Fsp3) is 0.500. The Labute approximate surface area is 180 Å². The summed E-state index contributed by atoms with van der Waals surface area (Å²) in [6.45, 7) is 6.05. The normalized spacial score (nSPS) is 14.4. The summed E-state index contributed by atoms with van der Waals surface area (Å²) < 4.78 is 11.1. The molecule has 1 aromatic heterocycles. The number of nitrogens with zero attached hydrogens (tertiary/aromatic N) is 4. The summed E-state index contributed by atoms with van der Waals surface area (Å²) in [6, 6.07) is 7.58. The Morgan fingerprint density at radius 2 is 1.83 bits per heavy atom. The quantitative estimate of drug-likeness (QED) is 0.644. The number of benzene rings is 1. The zero-order valence-corrected chi connectivity index (χ0v) is 18.1. The minimum absolute atomic E-state index is 0.00326. The van der Waals surface area contributed by atoms with Gasteiger partial charge < -0.3 is 19.7 Å². The molecule has 1 aliphatic rings. The van der Waals surface area contributed by atoms with Crippen LogP contribution in [0.15, 0.2) is 24.3 Å². The van der Waals surface area contributed by atoms with Gasteiger partial charge in [0, 0.05) is 45.6 Å². The van der Waals surface area contributed by atoms with Crippen LogP contribution >= 0.6 is 11.3 Å². The Balaban J connectivity index is 1.32. The lowest BCUT2D eigenvalue weighted by atomic mass is 10.2. The van der Waals surface area contributed by atoms with E-state index in [-0.39, 0.29) is 24.7 Å². The van der Waals surface area contributed by atoms with Gasteiger partial charge in [-0.3, -0.25) is 14.5 Å². The van der Waals surface area contributed by atoms with Crippen molar-refractivity contribution in [3.05, 3.63) is 29.3 Å². The second-order valence-corrected chi connectivity index (χ2v) is 8.08. The second kappa shape index (κ2) is 10.9. The van der Waals surface area contributed by atoms with Crippen LogP contribution in [0.25, 0.3) is 0 Å². The smallest absolute Gasteiger partial charge is 0.226 e. The number of hydrogen-bond donors (Lipinski definition) is 1. The third-order valence-corrected chi connectivity index (χ3v) is 5.55. The van der Waals surface area contributed by atoms with E-state index in [4.69, 9.17) is 9.47 Å². The minimum atomic E-state index is -0.216. The number of piperazine rings is 1. The van der Waals surface area contributed by atoms with Crippen LogP contribution < -0.4 is 14.8 Å². The van der Waals surface area contributed by atoms with Crippen molar-refractivity contribution < 1.29 is 19.1 Å². The number of methoxy groups -OCH3 is 1. The first kappa shape index (κ1) is 22.0. The maximum absolute atomic E-state index is 12.4. The predicted molar refractivity (Wildman–Crippen MR) is 114 cm³/mol. The Morgan fingerprint density at radius 1 is 1.10 bits per heavy atom. The standard InChI is InChI=1S/C20H27N5O4S/c1-15-22-23-20(30-15)21-18(26)7-8-19(27)25-11-9-24(10-12-25)13-14-29-17-6-4-3-5-16(17)28-2/h3-6H,7-14H2,1-2H3,(H,21,23,26). The summed E-state index contributed by atoms with van der Waals surface area (Å²) >= 11 is 1.31. The van der Waals surface area contributed by atoms with Crippen molar-refractivity contribution in [1.29, 1.82) is 0 Å². The monoisotopic (exact) mass is 433 g/mol. The largest absolute Gasteiger partial charge is 0.493 e. The molecule has 10 heteroatoms. The van der Waals surface area contributed by atoms with E-state index in [0.717, 1.165) is 36.1 Å². The van der Waals surface area contributed by atoms with Crippen molar-refractivity contribution in [2.24, 2.45) is 0 Å². The first-order valence-electron chi connectivity index (χ1n) is 9.91. The molecule has 0 bridgehead atoms. The Kier molecular flexibility index (Phi) is 7.97. The maximum Gasteiger partial charge on any atom is 0.226 e. The van der Waals surface area contributed by atoms with E-state index >= 15 is 0 Å². The molecule has 1 aromatic carbocycles. The number of nitrogens with one attached hydrogen (secondary N) is 1. The van der Waals surface area contributed by atoms with Crippen molar-refractivity contribution in [2.75, 3.05) is 51.8 Å². The molecule has 0 spiro atoms. The predicted octanol–water partition coefficient (Wildman–Crippen LogP) is 1.80. The van der Waals surface area contributed by atoms with Gasteiger partial charge in [0.2, 0.25) is 16.9 Å². The Bertz CT molecular complexity index is 851. The number of ether oxygens (including phenoxy) is 2. The van der Waals surface area contributed by atoms with Gasteiger partial charge in [-0.2, -0.15) is 0 Å². The highest BCUT2D eigenvalue weighted by atomic mass is 32.1. The lowest BCUT2D eigenvalue weighted by Crippen LogP contribution is -2.49. The first-order chi connectivity index (χ1) is 14.5. The van der Waals surface area contributed by atoms with Crippen LogP contribution in [0, 0.1) is 6.92 Å². The van der Waals surface area contributed by atoms with Crippen LogP contribution in [0.1, 0.15) is 17.8 Å². The molecule has 1 N–H and O–H groups in total. The van der Waals surface area contributed by atoms with Crippen LogP contribution in [0.3, 0.4) is 0 Å². The summed E-state index contributed by atoms with van der Waals surface area (Å²) in [7, 11) is 1.62. The number of amides is 2.